The quantitative estimate of drug-likeness (QED) is 0.324. The standard InChI is InChI=1S/C18H20N2O5/c1-24-15-10-8-14(9-11-15)13-25-18(21)7-4-12-19-16-5-2-3-6-17(16)20(22)23/h2-3,5-6,8-11,19H,4,7,12-13H2,1H3. The molecule has 0 amide bonds. The van der Waals surface area contributed by atoms with Gasteiger partial charge in [-0.3, -0.25) is 14.9 Å². The molecule has 0 bridgehead atoms. The molecule has 0 atom stereocenters. The van der Waals surface area contributed by atoms with Crippen LogP contribution in [0.2, 0.25) is 0 Å². The third-order valence-electron chi connectivity index (χ3n) is 3.53. The molecule has 0 spiro atoms. The van der Waals surface area contributed by atoms with Gasteiger partial charge in [0.25, 0.3) is 5.69 Å². The van der Waals surface area contributed by atoms with E-state index < -0.39 is 4.92 Å². The van der Waals surface area contributed by atoms with Gasteiger partial charge in [0.2, 0.25) is 0 Å². The molecule has 0 aromatic heterocycles. The number of ether oxygens (including phenoxy) is 2. The van der Waals surface area contributed by atoms with Gasteiger partial charge in [-0.1, -0.05) is 24.3 Å². The van der Waals surface area contributed by atoms with Crippen LogP contribution in [0.25, 0.3) is 0 Å². The maximum absolute atomic E-state index is 11.7. The molecule has 132 valence electrons. The summed E-state index contributed by atoms with van der Waals surface area (Å²) in [5.74, 6) is 0.441. The molecule has 0 heterocycles. The minimum absolute atomic E-state index is 0.0181. The molecule has 0 unspecified atom stereocenters. The van der Waals surface area contributed by atoms with Gasteiger partial charge in [0.05, 0.1) is 12.0 Å². The zero-order chi connectivity index (χ0) is 18.1. The average molecular weight is 344 g/mol. The number of benzene rings is 2. The molecule has 25 heavy (non-hydrogen) atoms. The average Bonchev–Trinajstić information content (AvgIpc) is 2.64. The summed E-state index contributed by atoms with van der Waals surface area (Å²) in [6.45, 7) is 0.656. The van der Waals surface area contributed by atoms with Crippen molar-refractivity contribution in [3.05, 3.63) is 64.2 Å². The maximum Gasteiger partial charge on any atom is 0.306 e. The fourth-order valence-corrected chi connectivity index (χ4v) is 2.20. The number of nitrogens with one attached hydrogen (secondary N) is 1. The zero-order valence-electron chi connectivity index (χ0n) is 13.9. The Hall–Kier alpha value is -3.09. The fraction of sp³-hybridized carbons (Fsp3) is 0.278. The smallest absolute Gasteiger partial charge is 0.306 e. The molecule has 2 aromatic carbocycles. The van der Waals surface area contributed by atoms with Crippen LogP contribution in [0.1, 0.15) is 18.4 Å². The summed E-state index contributed by atoms with van der Waals surface area (Å²) >= 11 is 0. The number of esters is 1. The number of carbonyl (C=O) groups excluding carboxylic acids is 1. The first-order valence-electron chi connectivity index (χ1n) is 7.86. The van der Waals surface area contributed by atoms with Crippen molar-refractivity contribution in [3.8, 4) is 5.75 Å². The molecule has 7 nitrogen and oxygen atoms in total. The second-order valence-electron chi connectivity index (χ2n) is 5.31. The van der Waals surface area contributed by atoms with E-state index in [2.05, 4.69) is 5.32 Å². The first-order chi connectivity index (χ1) is 12.1. The van der Waals surface area contributed by atoms with Crippen LogP contribution in [0.3, 0.4) is 0 Å². The normalized spacial score (nSPS) is 10.1. The third-order valence-corrected chi connectivity index (χ3v) is 3.53. The Morgan fingerprint density at radius 2 is 1.88 bits per heavy atom. The number of nitro groups is 1. The van der Waals surface area contributed by atoms with Crippen LogP contribution in [0.5, 0.6) is 5.75 Å². The van der Waals surface area contributed by atoms with Crippen LogP contribution in [0, 0.1) is 10.1 Å². The highest BCUT2D eigenvalue weighted by molar-refractivity contribution is 5.69. The molecule has 2 rings (SSSR count). The lowest BCUT2D eigenvalue weighted by Crippen LogP contribution is -2.09. The van der Waals surface area contributed by atoms with Gasteiger partial charge >= 0.3 is 5.97 Å². The predicted molar refractivity (Wildman–Crippen MR) is 93.6 cm³/mol. The van der Waals surface area contributed by atoms with E-state index in [0.717, 1.165) is 11.3 Å². The minimum atomic E-state index is -0.439. The van der Waals surface area contributed by atoms with Gasteiger partial charge < -0.3 is 14.8 Å². The van der Waals surface area contributed by atoms with E-state index in [4.69, 9.17) is 9.47 Å². The molecular formula is C18H20N2O5. The molecule has 0 saturated heterocycles. The van der Waals surface area contributed by atoms with Gasteiger partial charge in [0.1, 0.15) is 18.0 Å². The Kier molecular flexibility index (Phi) is 6.76. The Balaban J connectivity index is 1.69. The molecule has 0 fully saturated rings. The first kappa shape index (κ1) is 18.3. The molecule has 1 N–H and O–H groups in total. The van der Waals surface area contributed by atoms with Gasteiger partial charge in [-0.2, -0.15) is 0 Å². The molecule has 0 aliphatic carbocycles. The summed E-state index contributed by atoms with van der Waals surface area (Å²) in [5, 5.41) is 13.9. The molecule has 7 heteroatoms. The number of para-hydroxylation sites is 2. The van der Waals surface area contributed by atoms with Crippen molar-refractivity contribution in [3.63, 3.8) is 0 Å². The maximum atomic E-state index is 11.7. The predicted octanol–water partition coefficient (Wildman–Crippen LogP) is 3.54. The summed E-state index contributed by atoms with van der Waals surface area (Å²) in [7, 11) is 1.59. The monoisotopic (exact) mass is 344 g/mol. The van der Waals surface area contributed by atoms with Crippen LogP contribution in [-0.4, -0.2) is 24.5 Å². The van der Waals surface area contributed by atoms with E-state index >= 15 is 0 Å². The lowest BCUT2D eigenvalue weighted by atomic mass is 10.2. The number of anilines is 1. The number of hydrogen-bond acceptors (Lipinski definition) is 6. The van der Waals surface area contributed by atoms with Crippen LogP contribution in [-0.2, 0) is 16.1 Å². The number of carbonyl (C=O) groups is 1. The molecule has 0 radical (unpaired) electrons. The zero-order valence-corrected chi connectivity index (χ0v) is 13.9. The highest BCUT2D eigenvalue weighted by Crippen LogP contribution is 2.23. The Morgan fingerprint density at radius 3 is 2.56 bits per heavy atom. The molecule has 2 aromatic rings. The van der Waals surface area contributed by atoms with Crippen molar-refractivity contribution in [2.75, 3.05) is 19.0 Å². The number of nitro benzene ring substituents is 1. The number of rotatable bonds is 9. The summed E-state index contributed by atoms with van der Waals surface area (Å²) in [4.78, 5) is 22.2. The van der Waals surface area contributed by atoms with Gasteiger partial charge in [0, 0.05) is 19.0 Å². The van der Waals surface area contributed by atoms with E-state index in [9.17, 15) is 14.9 Å². The van der Waals surface area contributed by atoms with Crippen LogP contribution in [0.4, 0.5) is 11.4 Å². The third kappa shape index (κ3) is 5.80. The molecule has 0 saturated carbocycles. The number of nitrogens with zero attached hydrogens (tertiary/aromatic N) is 1. The van der Waals surface area contributed by atoms with Crippen molar-refractivity contribution >= 4 is 17.3 Å². The fourth-order valence-electron chi connectivity index (χ4n) is 2.20. The lowest BCUT2D eigenvalue weighted by Gasteiger charge is -2.08. The van der Waals surface area contributed by atoms with Crippen molar-refractivity contribution in [1.29, 1.82) is 0 Å². The van der Waals surface area contributed by atoms with Crippen molar-refractivity contribution in [1.82, 2.24) is 0 Å². The largest absolute Gasteiger partial charge is 0.497 e. The molecule has 0 aliphatic heterocycles. The van der Waals surface area contributed by atoms with Crippen molar-refractivity contribution < 1.29 is 19.2 Å². The molecular weight excluding hydrogens is 324 g/mol. The van der Waals surface area contributed by atoms with Gasteiger partial charge in [-0.25, -0.2) is 0 Å². The highest BCUT2D eigenvalue weighted by Gasteiger charge is 2.11. The second-order valence-corrected chi connectivity index (χ2v) is 5.31. The minimum Gasteiger partial charge on any atom is -0.497 e. The molecule has 0 aliphatic rings. The summed E-state index contributed by atoms with van der Waals surface area (Å²) < 4.78 is 10.3. The topological polar surface area (TPSA) is 90.7 Å². The van der Waals surface area contributed by atoms with E-state index in [-0.39, 0.29) is 24.7 Å². The van der Waals surface area contributed by atoms with E-state index in [0.29, 0.717) is 18.7 Å². The van der Waals surface area contributed by atoms with Crippen molar-refractivity contribution in [2.24, 2.45) is 0 Å². The summed E-state index contributed by atoms with van der Waals surface area (Å²) in [6, 6.07) is 13.7. The Bertz CT molecular complexity index is 716. The SMILES string of the molecule is COc1ccc(COC(=O)CCCNc2ccccc2[N+](=O)[O-])cc1. The van der Waals surface area contributed by atoms with E-state index in [1.807, 2.05) is 12.1 Å². The first-order valence-corrected chi connectivity index (χ1v) is 7.86. The lowest BCUT2D eigenvalue weighted by molar-refractivity contribution is -0.384. The number of hydrogen-bond donors (Lipinski definition) is 1. The summed E-state index contributed by atoms with van der Waals surface area (Å²) in [6.07, 6.45) is 0.761. The number of methoxy groups -OCH3 is 1. The van der Waals surface area contributed by atoms with Gasteiger partial charge in [0.15, 0.2) is 0 Å². The van der Waals surface area contributed by atoms with Crippen molar-refractivity contribution in [2.45, 2.75) is 19.4 Å². The van der Waals surface area contributed by atoms with Gasteiger partial charge in [-0.15, -0.1) is 0 Å². The van der Waals surface area contributed by atoms with Crippen LogP contribution < -0.4 is 10.1 Å². The second kappa shape index (κ2) is 9.27. The van der Waals surface area contributed by atoms with Crippen LogP contribution >= 0.6 is 0 Å². The van der Waals surface area contributed by atoms with E-state index in [1.165, 1.54) is 6.07 Å². The Labute approximate surface area is 145 Å². The summed E-state index contributed by atoms with van der Waals surface area (Å²) in [5.41, 5.74) is 1.34. The van der Waals surface area contributed by atoms with Crippen LogP contribution in [0.15, 0.2) is 48.5 Å². The van der Waals surface area contributed by atoms with E-state index in [1.54, 1.807) is 37.4 Å². The van der Waals surface area contributed by atoms with Gasteiger partial charge in [-0.05, 0) is 30.2 Å². The highest BCUT2D eigenvalue weighted by atomic mass is 16.6. The Morgan fingerprint density at radius 1 is 1.16 bits per heavy atom.